The Morgan fingerprint density at radius 3 is 1.88 bits per heavy atom. The van der Waals surface area contributed by atoms with Crippen molar-refractivity contribution in [2.75, 3.05) is 0 Å². The van der Waals surface area contributed by atoms with Crippen molar-refractivity contribution in [1.29, 1.82) is 0 Å². The van der Waals surface area contributed by atoms with Crippen molar-refractivity contribution in [1.82, 2.24) is 0 Å². The van der Waals surface area contributed by atoms with E-state index >= 15 is 0 Å². The minimum Gasteiger partial charge on any atom is -0.207 e. The lowest BCUT2D eigenvalue weighted by Gasteiger charge is -2.37. The molecule has 0 unspecified atom stereocenters. The lowest BCUT2D eigenvalue weighted by atomic mass is 9.68. The van der Waals surface area contributed by atoms with Gasteiger partial charge in [-0.3, -0.25) is 0 Å². The van der Waals surface area contributed by atoms with E-state index in [1.807, 2.05) is 0 Å². The van der Waals surface area contributed by atoms with E-state index in [2.05, 4.69) is 6.92 Å². The van der Waals surface area contributed by atoms with Gasteiger partial charge in [0.15, 0.2) is 0 Å². The molecular weight excluding hydrogens is 316 g/mol. The molecule has 0 spiro atoms. The van der Waals surface area contributed by atoms with E-state index in [4.69, 9.17) is 0 Å². The van der Waals surface area contributed by atoms with Crippen molar-refractivity contribution in [3.8, 4) is 0 Å². The van der Waals surface area contributed by atoms with E-state index in [9.17, 15) is 17.6 Å². The standard InChI is InChI=1S/C20H26F4/c1-13-2-4-14(5-3-13)15-6-8-16(9-7-15)18-11-10-17(12-19(18)21)20(22,23)24/h10-16H,2-9H2,1H3. The summed E-state index contributed by atoms with van der Waals surface area (Å²) in [4.78, 5) is 0. The molecule has 0 radical (unpaired) electrons. The van der Waals surface area contributed by atoms with Crippen LogP contribution in [0.1, 0.15) is 75.3 Å². The van der Waals surface area contributed by atoms with Gasteiger partial charge in [-0.1, -0.05) is 25.8 Å². The summed E-state index contributed by atoms with van der Waals surface area (Å²) in [6, 6.07) is 3.03. The molecule has 1 aromatic rings. The van der Waals surface area contributed by atoms with Gasteiger partial charge in [0.25, 0.3) is 0 Å². The lowest BCUT2D eigenvalue weighted by Crippen LogP contribution is -2.25. The molecule has 2 saturated carbocycles. The molecule has 0 amide bonds. The highest BCUT2D eigenvalue weighted by Gasteiger charge is 2.34. The summed E-state index contributed by atoms with van der Waals surface area (Å²) in [7, 11) is 0. The molecule has 0 heterocycles. The minimum absolute atomic E-state index is 0.0750. The van der Waals surface area contributed by atoms with Crippen LogP contribution >= 0.6 is 0 Å². The third kappa shape index (κ3) is 3.94. The molecule has 0 saturated heterocycles. The van der Waals surface area contributed by atoms with E-state index in [1.165, 1.54) is 31.7 Å². The normalized spacial score (nSPS) is 31.9. The maximum atomic E-state index is 14.2. The van der Waals surface area contributed by atoms with Crippen LogP contribution in [0.2, 0.25) is 0 Å². The monoisotopic (exact) mass is 342 g/mol. The fourth-order valence-electron chi connectivity index (χ4n) is 4.69. The molecule has 0 N–H and O–H groups in total. The Hall–Kier alpha value is -1.06. The summed E-state index contributed by atoms with van der Waals surface area (Å²) in [5.74, 6) is 1.76. The Kier molecular flexibility index (Phi) is 5.22. The topological polar surface area (TPSA) is 0 Å². The average Bonchev–Trinajstić information content (AvgIpc) is 2.55. The van der Waals surface area contributed by atoms with Gasteiger partial charge in [-0.05, 0) is 79.9 Å². The summed E-state index contributed by atoms with van der Waals surface area (Å²) in [5, 5.41) is 0. The van der Waals surface area contributed by atoms with Crippen molar-refractivity contribution in [3.63, 3.8) is 0 Å². The van der Waals surface area contributed by atoms with Gasteiger partial charge in [-0.15, -0.1) is 0 Å². The van der Waals surface area contributed by atoms with Crippen molar-refractivity contribution >= 4 is 0 Å². The predicted octanol–water partition coefficient (Wildman–Crippen LogP) is 6.94. The van der Waals surface area contributed by atoms with Crippen molar-refractivity contribution in [2.24, 2.45) is 17.8 Å². The van der Waals surface area contributed by atoms with Gasteiger partial charge in [0, 0.05) is 0 Å². The molecule has 3 rings (SSSR count). The number of benzene rings is 1. The molecule has 4 heteroatoms. The van der Waals surface area contributed by atoms with Gasteiger partial charge in [-0.25, -0.2) is 4.39 Å². The van der Waals surface area contributed by atoms with E-state index in [0.29, 0.717) is 11.6 Å². The highest BCUT2D eigenvalue weighted by atomic mass is 19.4. The summed E-state index contributed by atoms with van der Waals surface area (Å²) in [6.45, 7) is 2.32. The zero-order chi connectivity index (χ0) is 17.3. The minimum atomic E-state index is -4.48. The Balaban J connectivity index is 1.60. The van der Waals surface area contributed by atoms with Crippen LogP contribution in [0, 0.1) is 23.6 Å². The van der Waals surface area contributed by atoms with Crippen LogP contribution in [-0.2, 0) is 6.18 Å². The molecule has 0 aromatic heterocycles. The van der Waals surface area contributed by atoms with E-state index in [-0.39, 0.29) is 5.92 Å². The van der Waals surface area contributed by atoms with Crippen LogP contribution < -0.4 is 0 Å². The highest BCUT2D eigenvalue weighted by Crippen LogP contribution is 2.44. The maximum absolute atomic E-state index is 14.2. The number of hydrogen-bond donors (Lipinski definition) is 0. The second-order valence-electron chi connectivity index (χ2n) is 7.87. The smallest absolute Gasteiger partial charge is 0.207 e. The number of hydrogen-bond acceptors (Lipinski definition) is 0. The van der Waals surface area contributed by atoms with Gasteiger partial charge in [0.1, 0.15) is 5.82 Å². The largest absolute Gasteiger partial charge is 0.416 e. The zero-order valence-corrected chi connectivity index (χ0v) is 14.2. The first kappa shape index (κ1) is 17.8. The second-order valence-corrected chi connectivity index (χ2v) is 7.87. The lowest BCUT2D eigenvalue weighted by molar-refractivity contribution is -0.137. The molecule has 2 aliphatic rings. The SMILES string of the molecule is CC1CCC(C2CCC(c3ccc(C(F)(F)F)cc3F)CC2)CC1. The Morgan fingerprint density at radius 2 is 1.38 bits per heavy atom. The van der Waals surface area contributed by atoms with Crippen LogP contribution in [0.5, 0.6) is 0 Å². The van der Waals surface area contributed by atoms with E-state index in [0.717, 1.165) is 49.5 Å². The van der Waals surface area contributed by atoms with Gasteiger partial charge in [0.05, 0.1) is 5.56 Å². The van der Waals surface area contributed by atoms with Gasteiger partial charge >= 0.3 is 6.18 Å². The number of rotatable bonds is 2. The molecule has 0 atom stereocenters. The first-order chi connectivity index (χ1) is 11.3. The van der Waals surface area contributed by atoms with Crippen molar-refractivity contribution < 1.29 is 17.6 Å². The van der Waals surface area contributed by atoms with Gasteiger partial charge in [0.2, 0.25) is 0 Å². The van der Waals surface area contributed by atoms with Crippen LogP contribution in [0.3, 0.4) is 0 Å². The second kappa shape index (κ2) is 7.05. The summed E-state index contributed by atoms with van der Waals surface area (Å²) >= 11 is 0. The average molecular weight is 342 g/mol. The third-order valence-corrected chi connectivity index (χ3v) is 6.27. The highest BCUT2D eigenvalue weighted by molar-refractivity contribution is 5.29. The van der Waals surface area contributed by atoms with Gasteiger partial charge in [-0.2, -0.15) is 13.2 Å². The number of alkyl halides is 3. The van der Waals surface area contributed by atoms with Crippen LogP contribution in [-0.4, -0.2) is 0 Å². The predicted molar refractivity (Wildman–Crippen MR) is 87.2 cm³/mol. The zero-order valence-electron chi connectivity index (χ0n) is 14.2. The number of halogens is 4. The Bertz CT molecular complexity index is 547. The summed E-state index contributed by atoms with van der Waals surface area (Å²) in [5.41, 5.74) is -0.424. The molecule has 24 heavy (non-hydrogen) atoms. The molecular formula is C20H26F4. The fraction of sp³-hybridized carbons (Fsp3) is 0.700. The molecule has 2 aliphatic carbocycles. The molecule has 0 nitrogen and oxygen atoms in total. The van der Waals surface area contributed by atoms with Crippen LogP contribution in [0.4, 0.5) is 17.6 Å². The molecule has 0 aliphatic heterocycles. The quantitative estimate of drug-likeness (QED) is 0.510. The first-order valence-electron chi connectivity index (χ1n) is 9.21. The molecule has 2 fully saturated rings. The molecule has 1 aromatic carbocycles. The van der Waals surface area contributed by atoms with E-state index in [1.54, 1.807) is 0 Å². The summed E-state index contributed by atoms with van der Waals surface area (Å²) < 4.78 is 52.1. The van der Waals surface area contributed by atoms with E-state index < -0.39 is 17.6 Å². The van der Waals surface area contributed by atoms with Crippen LogP contribution in [0.15, 0.2) is 18.2 Å². The molecule has 134 valence electrons. The molecule has 0 bridgehead atoms. The summed E-state index contributed by atoms with van der Waals surface area (Å²) in [6.07, 6.45) is 4.76. The third-order valence-electron chi connectivity index (χ3n) is 6.27. The Labute approximate surface area is 141 Å². The van der Waals surface area contributed by atoms with Crippen LogP contribution in [0.25, 0.3) is 0 Å². The Morgan fingerprint density at radius 1 is 0.833 bits per heavy atom. The van der Waals surface area contributed by atoms with Crippen molar-refractivity contribution in [2.45, 2.75) is 70.4 Å². The first-order valence-corrected chi connectivity index (χ1v) is 9.21. The maximum Gasteiger partial charge on any atom is 0.416 e. The van der Waals surface area contributed by atoms with Crippen molar-refractivity contribution in [3.05, 3.63) is 35.1 Å². The fourth-order valence-corrected chi connectivity index (χ4v) is 4.69. The van der Waals surface area contributed by atoms with Gasteiger partial charge < -0.3 is 0 Å².